The summed E-state index contributed by atoms with van der Waals surface area (Å²) in [5, 5.41) is 13.2. The lowest BCUT2D eigenvalue weighted by Gasteiger charge is -2.19. The molecule has 6 heteroatoms. The summed E-state index contributed by atoms with van der Waals surface area (Å²) in [4.78, 5) is 11.3. The van der Waals surface area contributed by atoms with Gasteiger partial charge in [0.15, 0.2) is 0 Å². The number of nitrogens with one attached hydrogen (secondary N) is 2. The van der Waals surface area contributed by atoms with Crippen LogP contribution in [0, 0.1) is 0 Å². The molecule has 3 N–H and O–H groups in total. The third kappa shape index (κ3) is 6.35. The quantitative estimate of drug-likeness (QED) is 0.600. The van der Waals surface area contributed by atoms with Crippen LogP contribution in [0.4, 0.5) is 8.78 Å². The van der Waals surface area contributed by atoms with E-state index in [1.807, 2.05) is 0 Å². The van der Waals surface area contributed by atoms with Crippen LogP contribution in [0.2, 0.25) is 0 Å². The molecule has 1 amide bonds. The minimum Gasteiger partial charge on any atom is -0.390 e. The summed E-state index contributed by atoms with van der Waals surface area (Å²) >= 11 is 0. The number of halogens is 2. The van der Waals surface area contributed by atoms with Gasteiger partial charge in [0.1, 0.15) is 6.61 Å². The smallest absolute Gasteiger partial charge is 0.282 e. The second-order valence-electron chi connectivity index (χ2n) is 3.78. The highest BCUT2D eigenvalue weighted by atomic mass is 19.3. The van der Waals surface area contributed by atoms with Gasteiger partial charge < -0.3 is 15.7 Å². The number of alkyl halides is 2. The van der Waals surface area contributed by atoms with E-state index < -0.39 is 25.1 Å². The van der Waals surface area contributed by atoms with Gasteiger partial charge in [0, 0.05) is 6.04 Å². The van der Waals surface area contributed by atoms with Gasteiger partial charge >= 0.3 is 0 Å². The van der Waals surface area contributed by atoms with Crippen LogP contribution in [0.15, 0.2) is 0 Å². The Kier molecular flexibility index (Phi) is 5.67. The van der Waals surface area contributed by atoms with Gasteiger partial charge in [-0.2, -0.15) is 0 Å². The van der Waals surface area contributed by atoms with Crippen LogP contribution in [-0.4, -0.2) is 42.2 Å². The number of aliphatic hydroxyl groups excluding tert-OH is 1. The van der Waals surface area contributed by atoms with E-state index >= 15 is 0 Å². The van der Waals surface area contributed by atoms with E-state index in [1.165, 1.54) is 6.92 Å². The number of hydrogen-bond donors (Lipinski definition) is 3. The highest BCUT2D eigenvalue weighted by Crippen LogP contribution is 2.09. The lowest BCUT2D eigenvalue weighted by molar-refractivity contribution is -0.123. The maximum absolute atomic E-state index is 12.6. The van der Waals surface area contributed by atoms with E-state index in [-0.39, 0.29) is 11.9 Å². The Hall–Kier alpha value is -0.750. The molecule has 15 heavy (non-hydrogen) atoms. The van der Waals surface area contributed by atoms with Gasteiger partial charge in [-0.15, -0.1) is 0 Å². The van der Waals surface area contributed by atoms with Crippen molar-refractivity contribution in [2.75, 3.05) is 13.2 Å². The molecule has 90 valence electrons. The molecular formula is C9H18F2N2O2. The molecule has 0 aromatic heterocycles. The lowest BCUT2D eigenvalue weighted by Crippen LogP contribution is -2.48. The number of hydrogen-bond acceptors (Lipinski definition) is 3. The van der Waals surface area contributed by atoms with Crippen molar-refractivity contribution in [2.45, 2.75) is 38.8 Å². The van der Waals surface area contributed by atoms with Crippen molar-refractivity contribution in [3.8, 4) is 0 Å². The van der Waals surface area contributed by atoms with Crippen molar-refractivity contribution in [1.29, 1.82) is 0 Å². The zero-order valence-electron chi connectivity index (χ0n) is 9.18. The third-order valence-corrected chi connectivity index (χ3v) is 1.72. The average molecular weight is 224 g/mol. The van der Waals surface area contributed by atoms with Gasteiger partial charge in [-0.05, 0) is 20.8 Å². The predicted octanol–water partition coefficient (Wildman–Crippen LogP) is 0.117. The van der Waals surface area contributed by atoms with Gasteiger partial charge in [0.05, 0.1) is 12.6 Å². The molecular weight excluding hydrogens is 206 g/mol. The summed E-state index contributed by atoms with van der Waals surface area (Å²) in [5.74, 6) is -3.52. The minimum atomic E-state index is -3.19. The molecule has 0 fully saturated rings. The molecule has 0 heterocycles. The Bertz CT molecular complexity index is 210. The highest BCUT2D eigenvalue weighted by molar-refractivity contribution is 5.81. The van der Waals surface area contributed by atoms with E-state index in [0.717, 1.165) is 0 Å². The van der Waals surface area contributed by atoms with Crippen LogP contribution >= 0.6 is 0 Å². The summed E-state index contributed by atoms with van der Waals surface area (Å²) in [6.45, 7) is 3.12. The van der Waals surface area contributed by atoms with E-state index in [9.17, 15) is 13.6 Å². The summed E-state index contributed by atoms with van der Waals surface area (Å²) < 4.78 is 25.2. The molecule has 0 spiro atoms. The molecule has 0 radical (unpaired) electrons. The second-order valence-corrected chi connectivity index (χ2v) is 3.78. The Morgan fingerprint density at radius 3 is 2.33 bits per heavy atom. The number of rotatable bonds is 6. The molecule has 0 saturated heterocycles. The van der Waals surface area contributed by atoms with E-state index in [1.54, 1.807) is 13.8 Å². The van der Waals surface area contributed by atoms with Crippen molar-refractivity contribution >= 4 is 5.91 Å². The fourth-order valence-corrected chi connectivity index (χ4v) is 0.861. The fraction of sp³-hybridized carbons (Fsp3) is 0.889. The molecule has 1 atom stereocenters. The summed E-state index contributed by atoms with van der Waals surface area (Å²) in [7, 11) is 0. The zero-order chi connectivity index (χ0) is 12.1. The largest absolute Gasteiger partial charge is 0.390 e. The Balaban J connectivity index is 3.93. The monoisotopic (exact) mass is 224 g/mol. The van der Waals surface area contributed by atoms with Crippen molar-refractivity contribution in [1.82, 2.24) is 10.6 Å². The molecule has 4 nitrogen and oxygen atoms in total. The first kappa shape index (κ1) is 14.2. The molecule has 0 rings (SSSR count). The van der Waals surface area contributed by atoms with E-state index in [4.69, 9.17) is 5.11 Å². The van der Waals surface area contributed by atoms with Gasteiger partial charge in [-0.3, -0.25) is 4.79 Å². The molecule has 0 aliphatic carbocycles. The Morgan fingerprint density at radius 1 is 1.40 bits per heavy atom. The number of carbonyl (C=O) groups excluding carboxylic acids is 1. The van der Waals surface area contributed by atoms with Gasteiger partial charge in [-0.25, -0.2) is 8.78 Å². The SMILES string of the molecule is CC(C)NC(=O)C(C)NCC(F)(F)CO. The van der Waals surface area contributed by atoms with Gasteiger partial charge in [-0.1, -0.05) is 0 Å². The van der Waals surface area contributed by atoms with E-state index in [0.29, 0.717) is 0 Å². The van der Waals surface area contributed by atoms with Crippen LogP contribution in [0.5, 0.6) is 0 Å². The van der Waals surface area contributed by atoms with Gasteiger partial charge in [0.25, 0.3) is 5.92 Å². The Morgan fingerprint density at radius 2 is 1.93 bits per heavy atom. The summed E-state index contributed by atoms with van der Waals surface area (Å²) in [5.41, 5.74) is 0. The van der Waals surface area contributed by atoms with E-state index in [2.05, 4.69) is 10.6 Å². The molecule has 0 aromatic carbocycles. The first-order valence-corrected chi connectivity index (χ1v) is 4.81. The van der Waals surface area contributed by atoms with Gasteiger partial charge in [0.2, 0.25) is 5.91 Å². The maximum Gasteiger partial charge on any atom is 0.282 e. The minimum absolute atomic E-state index is 0.0277. The van der Waals surface area contributed by atoms with Crippen molar-refractivity contribution in [2.24, 2.45) is 0 Å². The first-order valence-electron chi connectivity index (χ1n) is 4.81. The summed E-state index contributed by atoms with van der Waals surface area (Å²) in [6.07, 6.45) is 0. The fourth-order valence-electron chi connectivity index (χ4n) is 0.861. The van der Waals surface area contributed by atoms with Crippen molar-refractivity contribution in [3.63, 3.8) is 0 Å². The number of amides is 1. The standard InChI is InChI=1S/C9H18F2N2O2/c1-6(2)13-8(15)7(3)12-4-9(10,11)5-14/h6-7,12,14H,4-5H2,1-3H3,(H,13,15). The second kappa shape index (κ2) is 5.97. The normalized spacial score (nSPS) is 14.1. The molecule has 0 aromatic rings. The summed E-state index contributed by atoms with van der Waals surface area (Å²) in [6, 6.07) is -0.732. The van der Waals surface area contributed by atoms with Crippen LogP contribution in [0.1, 0.15) is 20.8 Å². The van der Waals surface area contributed by atoms with Crippen LogP contribution < -0.4 is 10.6 Å². The third-order valence-electron chi connectivity index (χ3n) is 1.72. The molecule has 0 aliphatic heterocycles. The van der Waals surface area contributed by atoms with Crippen LogP contribution in [-0.2, 0) is 4.79 Å². The van der Waals surface area contributed by atoms with Crippen LogP contribution in [0.25, 0.3) is 0 Å². The van der Waals surface area contributed by atoms with Crippen molar-refractivity contribution < 1.29 is 18.7 Å². The van der Waals surface area contributed by atoms with Crippen molar-refractivity contribution in [3.05, 3.63) is 0 Å². The first-order chi connectivity index (χ1) is 6.78. The Labute approximate surface area is 88.0 Å². The highest BCUT2D eigenvalue weighted by Gasteiger charge is 2.28. The number of aliphatic hydroxyl groups is 1. The number of carbonyl (C=O) groups is 1. The molecule has 0 bridgehead atoms. The molecule has 0 saturated carbocycles. The lowest BCUT2D eigenvalue weighted by atomic mass is 10.2. The molecule has 0 aliphatic rings. The zero-order valence-corrected chi connectivity index (χ0v) is 9.18. The molecule has 1 unspecified atom stereocenters. The van der Waals surface area contributed by atoms with Crippen LogP contribution in [0.3, 0.4) is 0 Å². The topological polar surface area (TPSA) is 61.4 Å². The maximum atomic E-state index is 12.6. The average Bonchev–Trinajstić information content (AvgIpc) is 2.13. The predicted molar refractivity (Wildman–Crippen MR) is 52.8 cm³/mol.